The van der Waals surface area contributed by atoms with Crippen molar-refractivity contribution in [2.75, 3.05) is 6.54 Å². The summed E-state index contributed by atoms with van der Waals surface area (Å²) in [5, 5.41) is 3.65. The van der Waals surface area contributed by atoms with Gasteiger partial charge in [0.1, 0.15) is 5.60 Å². The van der Waals surface area contributed by atoms with E-state index in [2.05, 4.69) is 5.32 Å². The molecule has 1 saturated carbocycles. The van der Waals surface area contributed by atoms with E-state index in [4.69, 9.17) is 4.74 Å². The van der Waals surface area contributed by atoms with Crippen LogP contribution in [0.25, 0.3) is 0 Å². The van der Waals surface area contributed by atoms with Crippen molar-refractivity contribution in [1.82, 2.24) is 5.32 Å². The van der Waals surface area contributed by atoms with Crippen molar-refractivity contribution in [1.29, 1.82) is 0 Å². The molecule has 1 aliphatic heterocycles. The first kappa shape index (κ1) is 13.9. The van der Waals surface area contributed by atoms with E-state index >= 15 is 0 Å². The summed E-state index contributed by atoms with van der Waals surface area (Å²) >= 11 is 0. The van der Waals surface area contributed by atoms with Gasteiger partial charge in [-0.2, -0.15) is 0 Å². The van der Waals surface area contributed by atoms with Crippen LogP contribution in [-0.4, -0.2) is 23.7 Å². The van der Waals surface area contributed by atoms with Gasteiger partial charge in [-0.25, -0.2) is 0 Å². The van der Waals surface area contributed by atoms with E-state index in [1.807, 2.05) is 20.8 Å². The molecule has 0 aromatic carbocycles. The predicted molar refractivity (Wildman–Crippen MR) is 72.4 cm³/mol. The van der Waals surface area contributed by atoms with Crippen LogP contribution in [0.1, 0.15) is 65.7 Å². The van der Waals surface area contributed by atoms with E-state index in [9.17, 15) is 4.79 Å². The van der Waals surface area contributed by atoms with Crippen molar-refractivity contribution in [3.63, 3.8) is 0 Å². The van der Waals surface area contributed by atoms with Gasteiger partial charge in [-0.3, -0.25) is 4.79 Å². The lowest BCUT2D eigenvalue weighted by atomic mass is 9.74. The second kappa shape index (κ2) is 5.20. The monoisotopic (exact) mass is 253 g/mol. The van der Waals surface area contributed by atoms with Gasteiger partial charge in [-0.1, -0.05) is 19.3 Å². The summed E-state index contributed by atoms with van der Waals surface area (Å²) in [7, 11) is 0. The first-order chi connectivity index (χ1) is 8.40. The summed E-state index contributed by atoms with van der Waals surface area (Å²) < 4.78 is 5.47. The molecule has 0 aromatic rings. The standard InChI is InChI=1S/C15H27NO2/c1-14(2,3)18-13(17)12-7-10-15(16-11-12)8-5-4-6-9-15/h12,16H,4-11H2,1-3H3. The molecule has 1 saturated heterocycles. The van der Waals surface area contributed by atoms with Crippen LogP contribution in [0.4, 0.5) is 0 Å². The summed E-state index contributed by atoms with van der Waals surface area (Å²) in [6.07, 6.45) is 8.74. The van der Waals surface area contributed by atoms with Crippen LogP contribution < -0.4 is 5.32 Å². The fourth-order valence-corrected chi connectivity index (χ4v) is 3.22. The average Bonchev–Trinajstić information content (AvgIpc) is 2.28. The van der Waals surface area contributed by atoms with E-state index < -0.39 is 0 Å². The van der Waals surface area contributed by atoms with Crippen molar-refractivity contribution in [2.24, 2.45) is 5.92 Å². The lowest BCUT2D eigenvalue weighted by Gasteiger charge is -2.43. The molecule has 1 unspecified atom stereocenters. The van der Waals surface area contributed by atoms with Crippen LogP contribution in [0.15, 0.2) is 0 Å². The molecule has 3 heteroatoms. The highest BCUT2D eigenvalue weighted by Gasteiger charge is 2.38. The Morgan fingerprint density at radius 3 is 2.33 bits per heavy atom. The van der Waals surface area contributed by atoms with Gasteiger partial charge in [-0.05, 0) is 46.5 Å². The lowest BCUT2D eigenvalue weighted by molar-refractivity contribution is -0.161. The second-order valence-electron chi connectivity index (χ2n) is 6.99. The highest BCUT2D eigenvalue weighted by molar-refractivity contribution is 5.73. The molecule has 104 valence electrons. The summed E-state index contributed by atoms with van der Waals surface area (Å²) in [6.45, 7) is 6.60. The SMILES string of the molecule is CC(C)(C)OC(=O)C1CCC2(CCCCC2)NC1. The predicted octanol–water partition coefficient (Wildman–Crippen LogP) is 3.03. The Labute approximate surface area is 111 Å². The first-order valence-corrected chi connectivity index (χ1v) is 7.38. The van der Waals surface area contributed by atoms with Crippen molar-refractivity contribution in [3.8, 4) is 0 Å². The van der Waals surface area contributed by atoms with Crippen molar-refractivity contribution >= 4 is 5.97 Å². The molecule has 3 nitrogen and oxygen atoms in total. The van der Waals surface area contributed by atoms with E-state index in [-0.39, 0.29) is 17.5 Å². The Bertz CT molecular complexity index is 290. The maximum Gasteiger partial charge on any atom is 0.310 e. The van der Waals surface area contributed by atoms with Crippen LogP contribution in [-0.2, 0) is 9.53 Å². The van der Waals surface area contributed by atoms with Gasteiger partial charge >= 0.3 is 5.97 Å². The number of ether oxygens (including phenoxy) is 1. The third-order valence-corrected chi connectivity index (χ3v) is 4.25. The summed E-state index contributed by atoms with van der Waals surface area (Å²) in [6, 6.07) is 0. The van der Waals surface area contributed by atoms with Crippen LogP contribution in [0, 0.1) is 5.92 Å². The van der Waals surface area contributed by atoms with Gasteiger partial charge in [0.05, 0.1) is 5.92 Å². The fraction of sp³-hybridized carbons (Fsp3) is 0.933. The third-order valence-electron chi connectivity index (χ3n) is 4.25. The molecule has 0 aromatic heterocycles. The number of carbonyl (C=O) groups is 1. The minimum absolute atomic E-state index is 0.0272. The number of carbonyl (C=O) groups excluding carboxylic acids is 1. The van der Waals surface area contributed by atoms with Gasteiger partial charge in [0.15, 0.2) is 0 Å². The van der Waals surface area contributed by atoms with E-state index in [0.29, 0.717) is 5.54 Å². The molecule has 1 N–H and O–H groups in total. The quantitative estimate of drug-likeness (QED) is 0.730. The van der Waals surface area contributed by atoms with Crippen LogP contribution >= 0.6 is 0 Å². The Morgan fingerprint density at radius 2 is 1.83 bits per heavy atom. The minimum atomic E-state index is -0.364. The molecule has 18 heavy (non-hydrogen) atoms. The lowest BCUT2D eigenvalue weighted by Crippen LogP contribution is -2.54. The van der Waals surface area contributed by atoms with Crippen molar-refractivity contribution in [3.05, 3.63) is 0 Å². The molecular formula is C15H27NO2. The molecule has 1 aliphatic carbocycles. The number of esters is 1. The zero-order valence-corrected chi connectivity index (χ0v) is 12.1. The zero-order valence-electron chi connectivity index (χ0n) is 12.1. The average molecular weight is 253 g/mol. The molecule has 0 radical (unpaired) electrons. The van der Waals surface area contributed by atoms with Crippen LogP contribution in [0.5, 0.6) is 0 Å². The van der Waals surface area contributed by atoms with Crippen LogP contribution in [0.2, 0.25) is 0 Å². The van der Waals surface area contributed by atoms with Gasteiger partial charge in [-0.15, -0.1) is 0 Å². The minimum Gasteiger partial charge on any atom is -0.460 e. The second-order valence-corrected chi connectivity index (χ2v) is 6.99. The number of piperidine rings is 1. The molecule has 2 fully saturated rings. The number of hydrogen-bond donors (Lipinski definition) is 1. The Hall–Kier alpha value is -0.570. The maximum atomic E-state index is 12.0. The summed E-state index contributed by atoms with van der Waals surface area (Å²) in [5.74, 6) is 0.0254. The molecule has 0 amide bonds. The highest BCUT2D eigenvalue weighted by Crippen LogP contribution is 2.36. The topological polar surface area (TPSA) is 38.3 Å². The smallest absolute Gasteiger partial charge is 0.310 e. The number of rotatable bonds is 1. The molecular weight excluding hydrogens is 226 g/mol. The Morgan fingerprint density at radius 1 is 1.17 bits per heavy atom. The normalized spacial score (nSPS) is 28.1. The molecule has 1 atom stereocenters. The first-order valence-electron chi connectivity index (χ1n) is 7.38. The molecule has 1 heterocycles. The molecule has 2 rings (SSSR count). The van der Waals surface area contributed by atoms with Crippen molar-refractivity contribution in [2.45, 2.75) is 76.9 Å². The molecule has 2 aliphatic rings. The summed E-state index contributed by atoms with van der Waals surface area (Å²) in [5.41, 5.74) is -0.0200. The summed E-state index contributed by atoms with van der Waals surface area (Å²) in [4.78, 5) is 12.0. The van der Waals surface area contributed by atoms with Gasteiger partial charge in [0.2, 0.25) is 0 Å². The number of hydrogen-bond acceptors (Lipinski definition) is 3. The molecule has 1 spiro atoms. The van der Waals surface area contributed by atoms with E-state index in [0.717, 1.165) is 19.4 Å². The highest BCUT2D eigenvalue weighted by atomic mass is 16.6. The van der Waals surface area contributed by atoms with Crippen LogP contribution in [0.3, 0.4) is 0 Å². The molecule has 0 bridgehead atoms. The Balaban J connectivity index is 1.84. The van der Waals surface area contributed by atoms with Gasteiger partial charge in [0, 0.05) is 12.1 Å². The zero-order chi connectivity index (χ0) is 13.2. The fourth-order valence-electron chi connectivity index (χ4n) is 3.22. The number of nitrogens with one attached hydrogen (secondary N) is 1. The van der Waals surface area contributed by atoms with E-state index in [1.54, 1.807) is 0 Å². The van der Waals surface area contributed by atoms with Gasteiger partial charge in [0.25, 0.3) is 0 Å². The third kappa shape index (κ3) is 3.47. The largest absolute Gasteiger partial charge is 0.460 e. The maximum absolute atomic E-state index is 12.0. The van der Waals surface area contributed by atoms with E-state index in [1.165, 1.54) is 32.1 Å². The van der Waals surface area contributed by atoms with Crippen molar-refractivity contribution < 1.29 is 9.53 Å². The van der Waals surface area contributed by atoms with Gasteiger partial charge < -0.3 is 10.1 Å². The Kier molecular flexibility index (Phi) is 4.00.